The molecule has 3 heteroatoms. The van der Waals surface area contributed by atoms with Gasteiger partial charge < -0.3 is 0 Å². The molecule has 0 N–H and O–H groups in total. The predicted octanol–water partition coefficient (Wildman–Crippen LogP) is 6.56. The average Bonchev–Trinajstić information content (AvgIpc) is 2.93. The first-order valence-corrected chi connectivity index (χ1v) is 11.5. The lowest BCUT2D eigenvalue weighted by Crippen LogP contribution is -2.37. The minimum atomic E-state index is 0.430. The summed E-state index contributed by atoms with van der Waals surface area (Å²) in [4.78, 5) is 2.83. The molecule has 0 spiro atoms. The van der Waals surface area contributed by atoms with Gasteiger partial charge in [-0.2, -0.15) is 0 Å². The summed E-state index contributed by atoms with van der Waals surface area (Å²) in [7, 11) is 2.09. The standard InChI is InChI=1S/C22H46N2S/c1-5-7-9-11-13-15-21(16-14-12-10-8-6-2)24-18-17-22(3,20-24)19-23(4)25/h21,25H,5-20H2,1-4H3. The number of hydrogen-bond acceptors (Lipinski definition) is 3. The van der Waals surface area contributed by atoms with E-state index in [4.69, 9.17) is 0 Å². The molecule has 1 aliphatic rings. The molecule has 2 nitrogen and oxygen atoms in total. The Kier molecular flexibility index (Phi) is 12.5. The summed E-state index contributed by atoms with van der Waals surface area (Å²) in [6.45, 7) is 10.7. The van der Waals surface area contributed by atoms with Crippen LogP contribution in [-0.2, 0) is 0 Å². The first-order valence-electron chi connectivity index (χ1n) is 11.1. The zero-order valence-electron chi connectivity index (χ0n) is 17.7. The first kappa shape index (κ1) is 23.3. The van der Waals surface area contributed by atoms with E-state index in [1.165, 1.54) is 96.6 Å². The third-order valence-electron chi connectivity index (χ3n) is 6.00. The molecule has 1 aliphatic heterocycles. The second kappa shape index (κ2) is 13.4. The van der Waals surface area contributed by atoms with Crippen molar-refractivity contribution < 1.29 is 0 Å². The van der Waals surface area contributed by atoms with Gasteiger partial charge in [-0.05, 0) is 38.3 Å². The molecule has 25 heavy (non-hydrogen) atoms. The van der Waals surface area contributed by atoms with Gasteiger partial charge in [0.15, 0.2) is 0 Å². The lowest BCUT2D eigenvalue weighted by atomic mass is 9.89. The molecule has 1 unspecified atom stereocenters. The van der Waals surface area contributed by atoms with Gasteiger partial charge in [0.25, 0.3) is 0 Å². The lowest BCUT2D eigenvalue weighted by molar-refractivity contribution is 0.177. The second-order valence-electron chi connectivity index (χ2n) is 8.91. The minimum Gasteiger partial charge on any atom is -0.300 e. The molecule has 0 aromatic rings. The molecule has 1 fully saturated rings. The highest BCUT2D eigenvalue weighted by Crippen LogP contribution is 2.34. The van der Waals surface area contributed by atoms with Gasteiger partial charge >= 0.3 is 0 Å². The normalized spacial score (nSPS) is 21.7. The van der Waals surface area contributed by atoms with Gasteiger partial charge in [-0.15, -0.1) is 0 Å². The summed E-state index contributed by atoms with van der Waals surface area (Å²) in [5.41, 5.74) is 0.430. The van der Waals surface area contributed by atoms with Crippen molar-refractivity contribution in [3.8, 4) is 0 Å². The Bertz CT molecular complexity index is 307. The number of unbranched alkanes of at least 4 members (excludes halogenated alkanes) is 8. The number of hydrogen-bond donors (Lipinski definition) is 1. The van der Waals surface area contributed by atoms with E-state index in [1.807, 2.05) is 0 Å². The zero-order chi connectivity index (χ0) is 18.5. The fourth-order valence-corrected chi connectivity index (χ4v) is 4.87. The average molecular weight is 371 g/mol. The van der Waals surface area contributed by atoms with Gasteiger partial charge in [-0.1, -0.05) is 97.8 Å². The topological polar surface area (TPSA) is 6.48 Å². The van der Waals surface area contributed by atoms with Crippen LogP contribution in [0.25, 0.3) is 0 Å². The highest BCUT2D eigenvalue weighted by molar-refractivity contribution is 7.77. The van der Waals surface area contributed by atoms with E-state index in [0.29, 0.717) is 5.41 Å². The van der Waals surface area contributed by atoms with Crippen LogP contribution in [0.5, 0.6) is 0 Å². The van der Waals surface area contributed by atoms with Crippen LogP contribution in [0, 0.1) is 5.41 Å². The molecule has 1 heterocycles. The van der Waals surface area contributed by atoms with Crippen LogP contribution in [0.15, 0.2) is 0 Å². The summed E-state index contributed by atoms with van der Waals surface area (Å²) in [6.07, 6.45) is 18.3. The number of rotatable bonds is 15. The summed E-state index contributed by atoms with van der Waals surface area (Å²) in [5, 5.41) is 0. The maximum Gasteiger partial charge on any atom is 0.0151 e. The summed E-state index contributed by atoms with van der Waals surface area (Å²) >= 11 is 4.50. The van der Waals surface area contributed by atoms with E-state index in [-0.39, 0.29) is 0 Å². The van der Waals surface area contributed by atoms with Gasteiger partial charge in [0.2, 0.25) is 0 Å². The molecule has 1 atom stereocenters. The lowest BCUT2D eigenvalue weighted by Gasteiger charge is -2.32. The molecule has 1 rings (SSSR count). The monoisotopic (exact) mass is 370 g/mol. The van der Waals surface area contributed by atoms with Crippen LogP contribution in [0.1, 0.15) is 104 Å². The maximum absolute atomic E-state index is 4.50. The summed E-state index contributed by atoms with van der Waals surface area (Å²) in [6, 6.07) is 0.829. The Morgan fingerprint density at radius 2 is 1.44 bits per heavy atom. The largest absolute Gasteiger partial charge is 0.300 e. The zero-order valence-corrected chi connectivity index (χ0v) is 18.6. The summed E-state index contributed by atoms with van der Waals surface area (Å²) in [5.74, 6) is 0. The number of likely N-dealkylation sites (tertiary alicyclic amines) is 1. The fourth-order valence-electron chi connectivity index (χ4n) is 4.53. The van der Waals surface area contributed by atoms with Crippen LogP contribution in [0.3, 0.4) is 0 Å². The molecule has 0 aromatic heterocycles. The Balaban J connectivity index is 2.43. The van der Waals surface area contributed by atoms with E-state index in [0.717, 1.165) is 12.6 Å². The smallest absolute Gasteiger partial charge is 0.0151 e. The van der Waals surface area contributed by atoms with Crippen LogP contribution < -0.4 is 0 Å². The van der Waals surface area contributed by atoms with Crippen molar-refractivity contribution in [2.75, 3.05) is 26.7 Å². The maximum atomic E-state index is 4.50. The highest BCUT2D eigenvalue weighted by Gasteiger charge is 2.36. The van der Waals surface area contributed by atoms with Gasteiger partial charge in [0, 0.05) is 19.1 Å². The molecule has 0 aromatic carbocycles. The number of nitrogens with zero attached hydrogens (tertiary/aromatic N) is 2. The number of thiol groups is 1. The molecule has 0 amide bonds. The molecule has 150 valence electrons. The molecule has 0 saturated carbocycles. The molecular weight excluding hydrogens is 324 g/mol. The van der Waals surface area contributed by atoms with Gasteiger partial charge in [0.05, 0.1) is 0 Å². The van der Waals surface area contributed by atoms with Crippen LogP contribution in [0.2, 0.25) is 0 Å². The summed E-state index contributed by atoms with van der Waals surface area (Å²) < 4.78 is 2.08. The van der Waals surface area contributed by atoms with Crippen molar-refractivity contribution in [1.29, 1.82) is 0 Å². The molecule has 0 radical (unpaired) electrons. The van der Waals surface area contributed by atoms with Crippen LogP contribution in [0.4, 0.5) is 0 Å². The fraction of sp³-hybridized carbons (Fsp3) is 1.00. The third kappa shape index (κ3) is 10.2. The van der Waals surface area contributed by atoms with E-state index in [1.54, 1.807) is 0 Å². The first-order chi connectivity index (χ1) is 12.0. The Labute approximate surface area is 164 Å². The van der Waals surface area contributed by atoms with Crippen molar-refractivity contribution in [1.82, 2.24) is 9.21 Å². The predicted molar refractivity (Wildman–Crippen MR) is 116 cm³/mol. The molecule has 0 bridgehead atoms. The van der Waals surface area contributed by atoms with Crippen molar-refractivity contribution in [3.63, 3.8) is 0 Å². The second-order valence-corrected chi connectivity index (χ2v) is 9.59. The van der Waals surface area contributed by atoms with E-state index < -0.39 is 0 Å². The van der Waals surface area contributed by atoms with Gasteiger partial charge in [0.1, 0.15) is 0 Å². The van der Waals surface area contributed by atoms with Crippen LogP contribution in [-0.4, -0.2) is 41.9 Å². The van der Waals surface area contributed by atoms with Crippen LogP contribution >= 0.6 is 12.8 Å². The van der Waals surface area contributed by atoms with Crippen molar-refractivity contribution in [2.45, 2.75) is 110 Å². The molecule has 1 saturated heterocycles. The highest BCUT2D eigenvalue weighted by atomic mass is 32.1. The van der Waals surface area contributed by atoms with Crippen molar-refractivity contribution in [2.24, 2.45) is 5.41 Å². The minimum absolute atomic E-state index is 0.430. The SMILES string of the molecule is CCCCCCCC(CCCCCCC)N1CCC(C)(CN(C)S)C1. The third-order valence-corrected chi connectivity index (χ3v) is 6.14. The Morgan fingerprint density at radius 1 is 0.920 bits per heavy atom. The van der Waals surface area contributed by atoms with E-state index >= 15 is 0 Å². The molecular formula is C22H46N2S. The van der Waals surface area contributed by atoms with Crippen molar-refractivity contribution >= 4 is 12.8 Å². The van der Waals surface area contributed by atoms with E-state index in [2.05, 4.69) is 49.8 Å². The van der Waals surface area contributed by atoms with Crippen molar-refractivity contribution in [3.05, 3.63) is 0 Å². The van der Waals surface area contributed by atoms with Gasteiger partial charge in [-0.3, -0.25) is 9.21 Å². The van der Waals surface area contributed by atoms with Gasteiger partial charge in [-0.25, -0.2) is 0 Å². The quantitative estimate of drug-likeness (QED) is 0.257. The Hall–Kier alpha value is 0.270. The van der Waals surface area contributed by atoms with E-state index in [9.17, 15) is 0 Å². The Morgan fingerprint density at radius 3 is 1.92 bits per heavy atom. The molecule has 0 aliphatic carbocycles.